The topological polar surface area (TPSA) is 67.9 Å². The molecule has 0 heterocycles. The van der Waals surface area contributed by atoms with E-state index in [2.05, 4.69) is 18.8 Å². The Kier molecular flexibility index (Phi) is 13.4. The molecule has 0 aliphatic heterocycles. The number of benzene rings is 2. The summed E-state index contributed by atoms with van der Waals surface area (Å²) in [6.45, 7) is 6.35. The summed E-state index contributed by atoms with van der Waals surface area (Å²) in [6, 6.07) is 9.89. The number of hydrogen-bond acceptors (Lipinski definition) is 5. The van der Waals surface area contributed by atoms with Crippen molar-refractivity contribution in [3.63, 3.8) is 0 Å². The fourth-order valence-corrected chi connectivity index (χ4v) is 5.01. The summed E-state index contributed by atoms with van der Waals surface area (Å²) < 4.78 is 50.3. The van der Waals surface area contributed by atoms with Crippen molar-refractivity contribution in [3.8, 4) is 5.75 Å². The third-order valence-electron chi connectivity index (χ3n) is 7.27. The average Bonchev–Trinajstić information content (AvgIpc) is 3.77. The molecule has 1 saturated carbocycles. The number of amides is 1. The number of carbonyl (C=O) groups excluding carboxylic acids is 2. The van der Waals surface area contributed by atoms with Gasteiger partial charge in [-0.15, -0.1) is 0 Å². The first kappa shape index (κ1) is 34.5. The second-order valence-corrected chi connectivity index (χ2v) is 11.7. The molecule has 1 fully saturated rings. The Hall–Kier alpha value is -3.04. The van der Waals surface area contributed by atoms with Crippen LogP contribution in [0.5, 0.6) is 5.75 Å². The number of Topliss-reactive ketones (excluding diaryl/α,β-unsaturated/α-hetero) is 1. The smallest absolute Gasteiger partial charge is 0.422 e. The van der Waals surface area contributed by atoms with Gasteiger partial charge >= 0.3 is 6.18 Å². The minimum Gasteiger partial charge on any atom is -0.483 e. The predicted molar refractivity (Wildman–Crippen MR) is 164 cm³/mol. The average molecular weight is 623 g/mol. The van der Waals surface area contributed by atoms with Crippen LogP contribution in [0, 0.1) is 11.8 Å². The second-order valence-electron chi connectivity index (χ2n) is 11.2. The van der Waals surface area contributed by atoms with Gasteiger partial charge in [0.25, 0.3) is 5.91 Å². The van der Waals surface area contributed by atoms with E-state index in [1.54, 1.807) is 36.5 Å². The number of halogens is 4. The van der Waals surface area contributed by atoms with Crippen molar-refractivity contribution in [2.75, 3.05) is 40.0 Å². The minimum absolute atomic E-state index is 0.00399. The minimum atomic E-state index is -4.58. The molecule has 2 aromatic carbocycles. The normalized spacial score (nSPS) is 14.4. The number of nitrogens with one attached hydrogen (secondary N) is 1. The molecule has 1 aliphatic carbocycles. The highest BCUT2D eigenvalue weighted by Gasteiger charge is 2.30. The molecule has 236 valence electrons. The summed E-state index contributed by atoms with van der Waals surface area (Å²) in [5.74, 6) is 0.197. The zero-order chi connectivity index (χ0) is 31.4. The van der Waals surface area contributed by atoms with E-state index < -0.39 is 18.7 Å². The van der Waals surface area contributed by atoms with Crippen LogP contribution < -0.4 is 20.5 Å². The number of nitrogens with zero attached hydrogens (tertiary/aromatic N) is 1. The molecule has 1 amide bonds. The number of hydrogen-bond donors (Lipinski definition) is 1. The van der Waals surface area contributed by atoms with E-state index in [0.29, 0.717) is 59.5 Å². The first-order valence-electron chi connectivity index (χ1n) is 14.8. The van der Waals surface area contributed by atoms with Crippen molar-refractivity contribution >= 4 is 36.1 Å². The summed E-state index contributed by atoms with van der Waals surface area (Å²) >= 11 is 5.92. The Morgan fingerprint density at radius 1 is 1.16 bits per heavy atom. The van der Waals surface area contributed by atoms with Gasteiger partial charge in [0.15, 0.2) is 12.4 Å². The monoisotopic (exact) mass is 622 g/mol. The quantitative estimate of drug-likeness (QED) is 0.164. The molecule has 43 heavy (non-hydrogen) atoms. The van der Waals surface area contributed by atoms with E-state index >= 15 is 0 Å². The third kappa shape index (κ3) is 12.2. The van der Waals surface area contributed by atoms with Crippen molar-refractivity contribution in [1.29, 1.82) is 0 Å². The van der Waals surface area contributed by atoms with Crippen LogP contribution in [0.2, 0.25) is 5.02 Å². The maximum Gasteiger partial charge on any atom is 0.422 e. The van der Waals surface area contributed by atoms with Crippen LogP contribution in [0.15, 0.2) is 36.4 Å². The summed E-state index contributed by atoms with van der Waals surface area (Å²) in [4.78, 5) is 27.5. The second kappa shape index (κ2) is 16.7. The molecule has 6 nitrogen and oxygen atoms in total. The molecule has 2 aromatic rings. The van der Waals surface area contributed by atoms with Gasteiger partial charge < -0.3 is 19.7 Å². The summed E-state index contributed by atoms with van der Waals surface area (Å²) in [5.41, 5.74) is 0.635. The molecule has 1 atom stereocenters. The molecule has 0 spiro atoms. The van der Waals surface area contributed by atoms with E-state index in [9.17, 15) is 22.8 Å². The Morgan fingerprint density at radius 3 is 2.53 bits per heavy atom. The molecule has 0 aromatic heterocycles. The van der Waals surface area contributed by atoms with Crippen molar-refractivity contribution in [2.24, 2.45) is 11.8 Å². The van der Waals surface area contributed by atoms with Crippen LogP contribution in [0.25, 0.3) is 12.8 Å². The molecule has 1 aliphatic rings. The molecule has 0 saturated heterocycles. The highest BCUT2D eigenvalue weighted by Crippen LogP contribution is 2.28. The lowest BCUT2D eigenvalue weighted by Crippen LogP contribution is -2.36. The van der Waals surface area contributed by atoms with Crippen LogP contribution in [0.1, 0.15) is 72.6 Å². The van der Waals surface area contributed by atoms with Gasteiger partial charge in [-0.1, -0.05) is 37.6 Å². The highest BCUT2D eigenvalue weighted by atomic mass is 35.5. The number of carbonyl (C=O) groups is 2. The maximum atomic E-state index is 13.2. The van der Waals surface area contributed by atoms with E-state index in [0.717, 1.165) is 32.1 Å². The van der Waals surface area contributed by atoms with Crippen molar-refractivity contribution in [2.45, 2.75) is 58.0 Å². The molecule has 0 bridgehead atoms. The number of ketones is 1. The number of rotatable bonds is 18. The Bertz CT molecular complexity index is 1310. The Balaban J connectivity index is 1.71. The van der Waals surface area contributed by atoms with Crippen LogP contribution in [-0.4, -0.2) is 62.7 Å². The van der Waals surface area contributed by atoms with Gasteiger partial charge in [-0.3, -0.25) is 9.59 Å². The van der Waals surface area contributed by atoms with E-state index in [1.807, 2.05) is 11.9 Å². The lowest BCUT2D eigenvalue weighted by Gasteiger charge is -2.23. The zero-order valence-electron chi connectivity index (χ0n) is 25.0. The fourth-order valence-electron chi connectivity index (χ4n) is 4.88. The number of ether oxygens (including phenoxy) is 2. The van der Waals surface area contributed by atoms with E-state index in [-0.39, 0.29) is 29.6 Å². The lowest BCUT2D eigenvalue weighted by atomic mass is 9.94. The van der Waals surface area contributed by atoms with Crippen molar-refractivity contribution in [3.05, 3.63) is 63.0 Å². The molecule has 0 radical (unpaired) electrons. The van der Waals surface area contributed by atoms with Crippen LogP contribution in [0.3, 0.4) is 0 Å². The summed E-state index contributed by atoms with van der Waals surface area (Å²) in [6.07, 6.45) is 3.21. The van der Waals surface area contributed by atoms with E-state index in [4.69, 9.17) is 21.1 Å². The van der Waals surface area contributed by atoms with Gasteiger partial charge in [-0.25, -0.2) is 0 Å². The van der Waals surface area contributed by atoms with Crippen LogP contribution in [-0.2, 0) is 4.74 Å². The van der Waals surface area contributed by atoms with Gasteiger partial charge in [-0.2, -0.15) is 13.2 Å². The molecular formula is C33H42ClF3N2O4. The Morgan fingerprint density at radius 2 is 1.88 bits per heavy atom. The first-order valence-corrected chi connectivity index (χ1v) is 15.2. The lowest BCUT2D eigenvalue weighted by molar-refractivity contribution is -0.153. The van der Waals surface area contributed by atoms with Crippen LogP contribution >= 0.6 is 11.6 Å². The molecule has 1 N–H and O–H groups in total. The van der Waals surface area contributed by atoms with Gasteiger partial charge in [0.2, 0.25) is 0 Å². The molecular weight excluding hydrogens is 581 g/mol. The number of alkyl halides is 3. The molecule has 1 unspecified atom stereocenters. The maximum absolute atomic E-state index is 13.2. The first-order chi connectivity index (χ1) is 20.5. The van der Waals surface area contributed by atoms with Gasteiger partial charge in [0, 0.05) is 55.2 Å². The molecule has 10 heteroatoms. The van der Waals surface area contributed by atoms with Gasteiger partial charge in [0.1, 0.15) is 5.75 Å². The predicted octanol–water partition coefficient (Wildman–Crippen LogP) is 5.99. The largest absolute Gasteiger partial charge is 0.483 e. The molecule has 3 rings (SSSR count). The highest BCUT2D eigenvalue weighted by molar-refractivity contribution is 6.30. The SMILES string of the molecule is C=c1ccc(C(=O)NCCOCC2CC2)c(OCC(F)(F)F)/c1=C/N(C)CC(CCC)CCCC(=O)c1ccc(Cl)cc1. The Labute approximate surface area is 256 Å². The summed E-state index contributed by atoms with van der Waals surface area (Å²) in [7, 11) is 1.83. The standard InChI is InChI=1S/C33H42ClF3N2O4/c1-4-6-24(7-5-8-30(40)26-12-14-27(34)15-13-26)19-39(3)20-29-23(2)9-16-28(31(29)43-22-33(35,36)37)32(41)38-17-18-42-21-25-10-11-25/h9,12-16,20,24-25H,2,4-8,10-11,17-19,21-22H2,1,3H3,(H,38,41)/b29-20+. The third-order valence-corrected chi connectivity index (χ3v) is 7.52. The van der Waals surface area contributed by atoms with Gasteiger partial charge in [0.05, 0.1) is 12.2 Å². The van der Waals surface area contributed by atoms with Crippen molar-refractivity contribution < 1.29 is 32.2 Å². The summed E-state index contributed by atoms with van der Waals surface area (Å²) in [5, 5.41) is 4.05. The zero-order valence-corrected chi connectivity index (χ0v) is 25.7. The van der Waals surface area contributed by atoms with Crippen LogP contribution in [0.4, 0.5) is 13.2 Å². The van der Waals surface area contributed by atoms with Crippen molar-refractivity contribution in [1.82, 2.24) is 10.2 Å². The van der Waals surface area contributed by atoms with E-state index in [1.165, 1.54) is 6.07 Å². The van der Waals surface area contributed by atoms with Gasteiger partial charge in [-0.05, 0) is 79.5 Å². The fraction of sp³-hybridized carbons (Fsp3) is 0.515.